The minimum atomic E-state index is 0.536. The lowest BCUT2D eigenvalue weighted by Crippen LogP contribution is -3.14. The molecule has 0 aromatic heterocycles. The maximum atomic E-state index is 5.34. The number of benzene rings is 1. The van der Waals surface area contributed by atoms with Gasteiger partial charge in [-0.2, -0.15) is 0 Å². The first-order valence-corrected chi connectivity index (χ1v) is 9.08. The van der Waals surface area contributed by atoms with Crippen LogP contribution in [0.1, 0.15) is 5.56 Å². The van der Waals surface area contributed by atoms with Crippen molar-refractivity contribution in [2.45, 2.75) is 6.42 Å². The number of hydrogen-bond donors (Lipinski definition) is 5. The number of nitrogens with one attached hydrogen (secondary N) is 5. The van der Waals surface area contributed by atoms with Crippen molar-refractivity contribution in [1.82, 2.24) is 21.5 Å². The van der Waals surface area contributed by atoms with Gasteiger partial charge in [0.05, 0.1) is 26.3 Å². The molecule has 0 spiro atoms. The molecule has 0 radical (unpaired) electrons. The Bertz CT molecular complexity index is 508. The smallest absolute Gasteiger partial charge is 0.185 e. The average Bonchev–Trinajstić information content (AvgIpc) is 2.62. The van der Waals surface area contributed by atoms with Gasteiger partial charge in [-0.05, 0) is 36.4 Å². The van der Waals surface area contributed by atoms with Gasteiger partial charge in [0.2, 0.25) is 0 Å². The van der Waals surface area contributed by atoms with Crippen LogP contribution in [-0.4, -0.2) is 56.2 Å². The summed E-state index contributed by atoms with van der Waals surface area (Å²) in [5.41, 5.74) is 7.08. The van der Waals surface area contributed by atoms with Gasteiger partial charge >= 0.3 is 0 Å². The predicted molar refractivity (Wildman–Crippen MR) is 104 cm³/mol. The largest absolute Gasteiger partial charge is 0.370 e. The lowest BCUT2D eigenvalue weighted by Gasteiger charge is -2.24. The summed E-state index contributed by atoms with van der Waals surface area (Å²) in [4.78, 5) is 1.54. The summed E-state index contributed by atoms with van der Waals surface area (Å²) in [7, 11) is 0. The lowest BCUT2D eigenvalue weighted by atomic mass is 10.1. The van der Waals surface area contributed by atoms with E-state index in [4.69, 9.17) is 29.2 Å². The summed E-state index contributed by atoms with van der Waals surface area (Å²) in [5.74, 6) is 0. The highest BCUT2D eigenvalue weighted by Crippen LogP contribution is 1.97. The Hall–Kier alpha value is -1.48. The van der Waals surface area contributed by atoms with E-state index in [9.17, 15) is 0 Å². The van der Waals surface area contributed by atoms with Gasteiger partial charge in [0, 0.05) is 6.54 Å². The SMILES string of the molecule is S=C(NCCc1ccccc1)NNC(=S)NCC[NH+]1CCOCC1. The fourth-order valence-electron chi connectivity index (χ4n) is 2.43. The topological polar surface area (TPSA) is 61.8 Å². The molecule has 1 heterocycles. The molecule has 6 nitrogen and oxygen atoms in total. The number of hydrazine groups is 1. The van der Waals surface area contributed by atoms with E-state index in [0.29, 0.717) is 10.2 Å². The first kappa shape index (κ1) is 18.9. The molecule has 0 unspecified atom stereocenters. The molecule has 0 saturated carbocycles. The van der Waals surface area contributed by atoms with E-state index in [1.807, 2.05) is 18.2 Å². The average molecular weight is 369 g/mol. The van der Waals surface area contributed by atoms with Crippen LogP contribution >= 0.6 is 24.4 Å². The van der Waals surface area contributed by atoms with Crippen molar-refractivity contribution >= 4 is 34.7 Å². The van der Waals surface area contributed by atoms with Gasteiger partial charge in [-0.25, -0.2) is 0 Å². The fourth-order valence-corrected chi connectivity index (χ4v) is 2.74. The molecular formula is C16H26N5OS2+. The van der Waals surface area contributed by atoms with Gasteiger partial charge < -0.3 is 20.3 Å². The van der Waals surface area contributed by atoms with E-state index in [1.54, 1.807) is 4.90 Å². The van der Waals surface area contributed by atoms with Gasteiger partial charge in [0.25, 0.3) is 0 Å². The molecule has 0 amide bonds. The number of hydrogen-bond acceptors (Lipinski definition) is 3. The summed E-state index contributed by atoms with van der Waals surface area (Å²) in [6, 6.07) is 10.3. The van der Waals surface area contributed by atoms with E-state index in [2.05, 4.69) is 33.6 Å². The quantitative estimate of drug-likeness (QED) is 0.326. The zero-order chi connectivity index (χ0) is 17.0. The van der Waals surface area contributed by atoms with Gasteiger partial charge in [0.15, 0.2) is 10.2 Å². The number of rotatable bonds is 6. The molecule has 5 N–H and O–H groups in total. The Morgan fingerprint density at radius 1 is 0.958 bits per heavy atom. The van der Waals surface area contributed by atoms with Crippen LogP contribution in [0.3, 0.4) is 0 Å². The van der Waals surface area contributed by atoms with Crippen molar-refractivity contribution in [3.8, 4) is 0 Å². The summed E-state index contributed by atoms with van der Waals surface area (Å²) in [5, 5.41) is 7.41. The maximum Gasteiger partial charge on any atom is 0.185 e. The van der Waals surface area contributed by atoms with Crippen molar-refractivity contribution in [2.24, 2.45) is 0 Å². The number of morpholine rings is 1. The Morgan fingerprint density at radius 2 is 1.58 bits per heavy atom. The molecule has 1 aromatic rings. The second-order valence-corrected chi connectivity index (χ2v) is 6.43. The highest BCUT2D eigenvalue weighted by molar-refractivity contribution is 7.80. The highest BCUT2D eigenvalue weighted by Gasteiger charge is 2.12. The van der Waals surface area contributed by atoms with Crippen molar-refractivity contribution in [1.29, 1.82) is 0 Å². The Balaban J connectivity index is 1.48. The second-order valence-electron chi connectivity index (χ2n) is 5.61. The molecule has 1 aromatic carbocycles. The number of ether oxygens (including phenoxy) is 1. The second kappa shape index (κ2) is 11.1. The van der Waals surface area contributed by atoms with E-state index >= 15 is 0 Å². The van der Waals surface area contributed by atoms with E-state index in [-0.39, 0.29) is 0 Å². The summed E-state index contributed by atoms with van der Waals surface area (Å²) >= 11 is 10.4. The molecule has 0 aliphatic carbocycles. The van der Waals surface area contributed by atoms with Crippen molar-refractivity contribution < 1.29 is 9.64 Å². The van der Waals surface area contributed by atoms with E-state index < -0.39 is 0 Å². The van der Waals surface area contributed by atoms with Crippen LogP contribution in [0.15, 0.2) is 30.3 Å². The molecular weight excluding hydrogens is 342 g/mol. The Labute approximate surface area is 154 Å². The molecule has 1 aliphatic rings. The normalized spacial score (nSPS) is 14.7. The van der Waals surface area contributed by atoms with Crippen LogP contribution in [0, 0.1) is 0 Å². The van der Waals surface area contributed by atoms with Crippen molar-refractivity contribution in [3.63, 3.8) is 0 Å². The van der Waals surface area contributed by atoms with Gasteiger partial charge in [0.1, 0.15) is 13.1 Å². The zero-order valence-electron chi connectivity index (χ0n) is 13.8. The van der Waals surface area contributed by atoms with Crippen LogP contribution in [-0.2, 0) is 11.2 Å². The minimum Gasteiger partial charge on any atom is -0.370 e. The maximum absolute atomic E-state index is 5.34. The fraction of sp³-hybridized carbons (Fsp3) is 0.500. The standard InChI is InChI=1S/C16H25N5OS2/c23-15(17-7-6-14-4-2-1-3-5-14)19-20-16(24)18-8-9-21-10-12-22-13-11-21/h1-5H,6-13H2,(H2,17,19,23)(H2,18,20,24)/p+1. The molecule has 0 bridgehead atoms. The van der Waals surface area contributed by atoms with Crippen LogP contribution in [0.2, 0.25) is 0 Å². The summed E-state index contributed by atoms with van der Waals surface area (Å²) < 4.78 is 5.34. The van der Waals surface area contributed by atoms with Crippen LogP contribution in [0.4, 0.5) is 0 Å². The third-order valence-corrected chi connectivity index (χ3v) is 4.29. The molecule has 1 fully saturated rings. The van der Waals surface area contributed by atoms with E-state index in [0.717, 1.165) is 52.4 Å². The Morgan fingerprint density at radius 3 is 2.25 bits per heavy atom. The first-order valence-electron chi connectivity index (χ1n) is 8.27. The highest BCUT2D eigenvalue weighted by atomic mass is 32.1. The van der Waals surface area contributed by atoms with Crippen LogP contribution < -0.4 is 26.4 Å². The van der Waals surface area contributed by atoms with Crippen molar-refractivity contribution in [2.75, 3.05) is 45.9 Å². The Kier molecular flexibility index (Phi) is 8.75. The number of thiocarbonyl (C=S) groups is 2. The summed E-state index contributed by atoms with van der Waals surface area (Å²) in [6.07, 6.45) is 0.924. The van der Waals surface area contributed by atoms with Gasteiger partial charge in [-0.3, -0.25) is 10.9 Å². The first-order chi connectivity index (χ1) is 11.7. The van der Waals surface area contributed by atoms with Gasteiger partial charge in [-0.15, -0.1) is 0 Å². The third kappa shape index (κ3) is 7.87. The minimum absolute atomic E-state index is 0.536. The van der Waals surface area contributed by atoms with Gasteiger partial charge in [-0.1, -0.05) is 30.3 Å². The molecule has 0 atom stereocenters. The van der Waals surface area contributed by atoms with E-state index in [1.165, 1.54) is 5.56 Å². The molecule has 8 heteroatoms. The molecule has 1 saturated heterocycles. The molecule has 24 heavy (non-hydrogen) atoms. The van der Waals surface area contributed by atoms with Crippen LogP contribution in [0.25, 0.3) is 0 Å². The summed E-state index contributed by atoms with van der Waals surface area (Å²) in [6.45, 7) is 6.47. The predicted octanol–water partition coefficient (Wildman–Crippen LogP) is -1.01. The van der Waals surface area contributed by atoms with Crippen LogP contribution in [0.5, 0.6) is 0 Å². The number of quaternary nitrogens is 1. The monoisotopic (exact) mass is 368 g/mol. The lowest BCUT2D eigenvalue weighted by molar-refractivity contribution is -0.906. The molecule has 132 valence electrons. The molecule has 2 rings (SSSR count). The van der Waals surface area contributed by atoms with Crippen molar-refractivity contribution in [3.05, 3.63) is 35.9 Å². The third-order valence-electron chi connectivity index (χ3n) is 3.80. The molecule has 1 aliphatic heterocycles. The zero-order valence-corrected chi connectivity index (χ0v) is 15.4.